The van der Waals surface area contributed by atoms with E-state index in [0.29, 0.717) is 54.8 Å². The first-order chi connectivity index (χ1) is 30.8. The molecule has 10 rings (SSSR count). The summed E-state index contributed by atoms with van der Waals surface area (Å²) in [5.41, 5.74) is 14.4. The number of rotatable bonds is 2. The fourth-order valence-corrected chi connectivity index (χ4v) is 9.34. The van der Waals surface area contributed by atoms with E-state index in [1.54, 1.807) is 38.4 Å². The normalized spacial score (nSPS) is 26.5. The van der Waals surface area contributed by atoms with Crippen molar-refractivity contribution in [3.05, 3.63) is 123 Å². The summed E-state index contributed by atoms with van der Waals surface area (Å²) in [4.78, 5) is 28.5. The Hall–Kier alpha value is -5.70. The summed E-state index contributed by atoms with van der Waals surface area (Å²) in [6.07, 6.45) is 7.10. The smallest absolute Gasteiger partial charge is 0.484 e. The largest absolute Gasteiger partial charge is 0.487 e. The van der Waals surface area contributed by atoms with Gasteiger partial charge >= 0.3 is 7.12 Å². The lowest BCUT2D eigenvalue weighted by atomic mass is 9.80. The summed E-state index contributed by atoms with van der Waals surface area (Å²) in [7, 11) is 2.05. The molecule has 2 fully saturated rings. The van der Waals surface area contributed by atoms with Gasteiger partial charge in [0.25, 0.3) is 0 Å². The number of halogens is 1. The van der Waals surface area contributed by atoms with Crippen molar-refractivity contribution < 1.29 is 38.7 Å². The highest BCUT2D eigenvalue weighted by molar-refractivity contribution is 9.10. The van der Waals surface area contributed by atoms with Crippen LogP contribution in [0.5, 0.6) is 11.5 Å². The van der Waals surface area contributed by atoms with E-state index in [0.717, 1.165) is 90.0 Å². The fraction of sp³-hybridized carbons (Fsp3) is 0.391. The number of hydroxylamine groups is 4. The monoisotopic (exact) mass is 932 g/mol. The van der Waals surface area contributed by atoms with Crippen LogP contribution in [0.25, 0.3) is 20.8 Å². The zero-order valence-corrected chi connectivity index (χ0v) is 37.3. The van der Waals surface area contributed by atoms with Crippen molar-refractivity contribution >= 4 is 51.8 Å². The van der Waals surface area contributed by atoms with Crippen molar-refractivity contribution in [2.24, 2.45) is 21.5 Å². The van der Waals surface area contributed by atoms with Gasteiger partial charge in [-0.05, 0) is 91.5 Å². The quantitative estimate of drug-likeness (QED) is 0.128. The summed E-state index contributed by atoms with van der Waals surface area (Å²) in [5.74, 6) is 2.25. The van der Waals surface area contributed by atoms with Gasteiger partial charge in [0.1, 0.15) is 22.7 Å². The molecule has 6 aliphatic rings. The van der Waals surface area contributed by atoms with Crippen molar-refractivity contribution in [1.82, 2.24) is 10.1 Å². The number of benzene rings is 4. The van der Waals surface area contributed by atoms with Crippen LogP contribution in [0.2, 0.25) is 0 Å². The molecule has 16 nitrogen and oxygen atoms in total. The second-order valence-corrected chi connectivity index (χ2v) is 17.6. The highest BCUT2D eigenvalue weighted by atomic mass is 79.9. The lowest BCUT2D eigenvalue weighted by Crippen LogP contribution is -2.50. The van der Waals surface area contributed by atoms with Gasteiger partial charge in [-0.15, -0.1) is 0 Å². The molecule has 18 heteroatoms. The number of fused-ring (bicyclic) bond motifs is 4. The van der Waals surface area contributed by atoms with Crippen LogP contribution in [0.3, 0.4) is 0 Å². The minimum Gasteiger partial charge on any atom is -0.484 e. The molecular weight excluding hydrogens is 883 g/mol. The second-order valence-electron chi connectivity index (χ2n) is 16.7. The predicted molar refractivity (Wildman–Crippen MR) is 244 cm³/mol. The average molecular weight is 934 g/mol. The van der Waals surface area contributed by atoms with E-state index >= 15 is 0 Å². The highest BCUT2D eigenvalue weighted by Crippen LogP contribution is 2.53. The Morgan fingerprint density at radius 1 is 0.672 bits per heavy atom. The Morgan fingerprint density at radius 3 is 1.72 bits per heavy atom. The molecule has 64 heavy (non-hydrogen) atoms. The molecule has 6 N–H and O–H groups in total. The van der Waals surface area contributed by atoms with Gasteiger partial charge in [0, 0.05) is 44.6 Å². The summed E-state index contributed by atoms with van der Waals surface area (Å²) in [6.45, 7) is 16.5. The van der Waals surface area contributed by atoms with Gasteiger partial charge in [-0.2, -0.15) is 0 Å². The molecule has 0 radical (unpaired) electrons. The molecule has 4 aromatic carbocycles. The SMILES string of the molecule is CN1OC2(CC3(CCCCOC3)Oc3ccc(Br)cc32)N=C1N.[C-]#[N+]c1cccc(-c2ccc3c(c2)C2(CC4(CCCCOC4)O3)N=C(N)N(C)O2)c1.[C-]#[N+]c1cccc(B(O)O)c1. The zero-order chi connectivity index (χ0) is 45.1. The third-order valence-corrected chi connectivity index (χ3v) is 12.5. The average Bonchev–Trinajstić information content (AvgIpc) is 3.49. The molecule has 4 unspecified atom stereocenters. The number of guanidine groups is 2. The third-order valence-electron chi connectivity index (χ3n) is 12.0. The Balaban J connectivity index is 0.000000145. The van der Waals surface area contributed by atoms with Gasteiger partial charge in [0.2, 0.25) is 23.4 Å². The summed E-state index contributed by atoms with van der Waals surface area (Å²) >= 11 is 3.52. The molecule has 0 aliphatic carbocycles. The van der Waals surface area contributed by atoms with E-state index in [-0.39, 0.29) is 0 Å². The van der Waals surface area contributed by atoms with E-state index in [9.17, 15) is 0 Å². The topological polar surface area (TPSA) is 188 Å². The molecule has 4 spiro atoms. The van der Waals surface area contributed by atoms with Crippen LogP contribution in [0.4, 0.5) is 11.4 Å². The van der Waals surface area contributed by atoms with Gasteiger partial charge in [0.15, 0.2) is 11.4 Å². The summed E-state index contributed by atoms with van der Waals surface area (Å²) in [6, 6.07) is 25.7. The molecule has 0 saturated carbocycles. The van der Waals surface area contributed by atoms with E-state index in [4.69, 9.17) is 68.3 Å². The van der Waals surface area contributed by atoms with Crippen LogP contribution in [-0.4, -0.2) is 90.9 Å². The van der Waals surface area contributed by atoms with Gasteiger partial charge in [-0.25, -0.2) is 39.5 Å². The zero-order valence-electron chi connectivity index (χ0n) is 35.7. The van der Waals surface area contributed by atoms with E-state index in [1.165, 1.54) is 16.2 Å². The Morgan fingerprint density at radius 2 is 1.19 bits per heavy atom. The summed E-state index contributed by atoms with van der Waals surface area (Å²) in [5, 5.41) is 20.4. The first-order valence-corrected chi connectivity index (χ1v) is 21.9. The van der Waals surface area contributed by atoms with Gasteiger partial charge in [-0.3, -0.25) is 0 Å². The Labute approximate surface area is 381 Å². The van der Waals surface area contributed by atoms with Crippen LogP contribution in [0, 0.1) is 13.1 Å². The molecule has 6 heterocycles. The number of nitrogens with two attached hydrogens (primary N) is 2. The van der Waals surface area contributed by atoms with Crippen molar-refractivity contribution in [2.75, 3.05) is 40.5 Å². The third kappa shape index (κ3) is 9.27. The van der Waals surface area contributed by atoms with E-state index in [1.807, 2.05) is 54.6 Å². The maximum absolute atomic E-state index is 8.70. The first-order valence-electron chi connectivity index (χ1n) is 21.1. The van der Waals surface area contributed by atoms with Gasteiger partial charge in [0.05, 0.1) is 37.5 Å². The molecular formula is C46H50BBrN8O8. The van der Waals surface area contributed by atoms with Crippen molar-refractivity contribution in [3.8, 4) is 22.6 Å². The predicted octanol–water partition coefficient (Wildman–Crippen LogP) is 6.40. The maximum atomic E-state index is 8.70. The fourth-order valence-electron chi connectivity index (χ4n) is 8.98. The molecule has 4 aromatic rings. The molecule has 0 amide bonds. The van der Waals surface area contributed by atoms with Gasteiger partial charge in [-0.1, -0.05) is 64.5 Å². The van der Waals surface area contributed by atoms with E-state index < -0.39 is 29.8 Å². The maximum Gasteiger partial charge on any atom is 0.487 e. The molecule has 0 bridgehead atoms. The Kier molecular flexibility index (Phi) is 12.9. The first kappa shape index (κ1) is 44.9. The number of ether oxygens (including phenoxy) is 4. The number of aliphatic imine (C=N–C) groups is 2. The molecule has 332 valence electrons. The number of nitrogens with zero attached hydrogens (tertiary/aromatic N) is 6. The second kappa shape index (κ2) is 18.4. The lowest BCUT2D eigenvalue weighted by Gasteiger charge is -2.44. The molecule has 6 aliphatic heterocycles. The van der Waals surface area contributed by atoms with Gasteiger partial charge < -0.3 is 40.5 Å². The molecule has 2 saturated heterocycles. The van der Waals surface area contributed by atoms with Crippen LogP contribution in [0.15, 0.2) is 99.4 Å². The van der Waals surface area contributed by atoms with Crippen molar-refractivity contribution in [1.29, 1.82) is 0 Å². The van der Waals surface area contributed by atoms with Crippen LogP contribution in [0.1, 0.15) is 62.5 Å². The molecule has 0 aromatic heterocycles. The van der Waals surface area contributed by atoms with Crippen molar-refractivity contribution in [3.63, 3.8) is 0 Å². The standard InChI is InChI=1S/C23H24N4O3.C16H20BrN3O3.C7H6BNO2/c1-25-18-7-5-6-16(12-18)17-8-9-20-19(13-17)23(26-21(24)27(2)30-23)14-22(29-20)10-3-4-11-28-15-22;1-20-14(18)19-16(23-20)9-15(6-2-3-7-21-10-15)22-13-5-4-11(17)8-12(13)16;1-9-7-4-2-3-6(5-7)8(10)11/h5-9,12-13H,3-4,10-11,14-15H2,2H3,(H2,24,26);4-5,8H,2-3,6-7,9-10H2,1H3,(H2,18,19);2-5,10-11H. The van der Waals surface area contributed by atoms with Crippen LogP contribution >= 0.6 is 15.9 Å². The van der Waals surface area contributed by atoms with Crippen LogP contribution < -0.4 is 26.4 Å². The lowest BCUT2D eigenvalue weighted by molar-refractivity contribution is -0.210. The van der Waals surface area contributed by atoms with E-state index in [2.05, 4.69) is 30.6 Å². The Bertz CT molecular complexity index is 2520. The summed E-state index contributed by atoms with van der Waals surface area (Å²) < 4.78 is 25.6. The number of hydrogen-bond donors (Lipinski definition) is 4. The minimum absolute atomic E-state index is 0.341. The van der Waals surface area contributed by atoms with Crippen molar-refractivity contribution in [2.45, 2.75) is 74.0 Å². The minimum atomic E-state index is -1.49. The highest BCUT2D eigenvalue weighted by Gasteiger charge is 2.56. The molecule has 4 atom stereocenters. The number of hydrogen-bond acceptors (Lipinski definition) is 14. The van der Waals surface area contributed by atoms with Crippen LogP contribution in [-0.2, 0) is 30.6 Å².